The van der Waals surface area contributed by atoms with Gasteiger partial charge in [0, 0.05) is 11.8 Å². The molecule has 2 rings (SSSR count). The first-order chi connectivity index (χ1) is 11.4. The fourth-order valence-corrected chi connectivity index (χ4v) is 4.29. The first-order valence-corrected chi connectivity index (χ1v) is 10.3. The van der Waals surface area contributed by atoms with Crippen LogP contribution in [0.1, 0.15) is 83.1 Å². The molecule has 0 saturated carbocycles. The predicted molar refractivity (Wildman–Crippen MR) is 117 cm³/mol. The molecular formula is C26H42. The van der Waals surface area contributed by atoms with Gasteiger partial charge in [-0.15, -0.1) is 0 Å². The van der Waals surface area contributed by atoms with Crippen molar-refractivity contribution in [1.29, 1.82) is 0 Å². The predicted octanol–water partition coefficient (Wildman–Crippen LogP) is 8.14. The lowest BCUT2D eigenvalue weighted by atomic mass is 9.74. The molecule has 0 saturated heterocycles. The number of rotatable bonds is 1. The summed E-state index contributed by atoms with van der Waals surface area (Å²) in [7, 11) is 0. The molecule has 0 atom stereocenters. The zero-order chi connectivity index (χ0) is 20.3. The van der Waals surface area contributed by atoms with Gasteiger partial charge in [-0.1, -0.05) is 107 Å². The third kappa shape index (κ3) is 4.26. The molecule has 0 aromatic carbocycles. The second-order valence-corrected chi connectivity index (χ2v) is 12.5. The molecule has 26 heavy (non-hydrogen) atoms. The maximum Gasteiger partial charge on any atom is 0.00568 e. The minimum absolute atomic E-state index is 0.194. The van der Waals surface area contributed by atoms with E-state index in [2.05, 4.69) is 107 Å². The van der Waals surface area contributed by atoms with E-state index in [1.807, 2.05) is 0 Å². The van der Waals surface area contributed by atoms with Crippen LogP contribution in [-0.4, -0.2) is 0 Å². The van der Waals surface area contributed by atoms with Crippen LogP contribution in [0.2, 0.25) is 0 Å². The highest BCUT2D eigenvalue weighted by Gasteiger charge is 2.38. The molecule has 0 bridgehead atoms. The first kappa shape index (κ1) is 21.3. The SMILES string of the molecule is CC(C)(C)C1=CC(C2C=C(C(C)(C)C)C(C(C)(C)C)=C2)C=C1C(C)(C)C. The maximum absolute atomic E-state index is 2.56. The fraction of sp³-hybridized carbons (Fsp3) is 0.692. The summed E-state index contributed by atoms with van der Waals surface area (Å²) in [5.74, 6) is 0.964. The highest BCUT2D eigenvalue weighted by atomic mass is 14.4. The Labute approximate surface area is 163 Å². The van der Waals surface area contributed by atoms with Crippen LogP contribution in [0.5, 0.6) is 0 Å². The lowest BCUT2D eigenvalue weighted by molar-refractivity contribution is 0.449. The molecule has 0 aliphatic heterocycles. The highest BCUT2D eigenvalue weighted by molar-refractivity contribution is 5.51. The van der Waals surface area contributed by atoms with Gasteiger partial charge in [0.25, 0.3) is 0 Å². The van der Waals surface area contributed by atoms with Crippen LogP contribution in [-0.2, 0) is 0 Å². The third-order valence-corrected chi connectivity index (χ3v) is 5.69. The van der Waals surface area contributed by atoms with Gasteiger partial charge in [-0.05, 0) is 44.0 Å². The molecule has 0 N–H and O–H groups in total. The van der Waals surface area contributed by atoms with Gasteiger partial charge >= 0.3 is 0 Å². The Morgan fingerprint density at radius 2 is 0.538 bits per heavy atom. The van der Waals surface area contributed by atoms with Crippen LogP contribution in [0.3, 0.4) is 0 Å². The van der Waals surface area contributed by atoms with E-state index in [-0.39, 0.29) is 21.7 Å². The quantitative estimate of drug-likeness (QED) is 0.446. The van der Waals surface area contributed by atoms with Crippen molar-refractivity contribution in [2.75, 3.05) is 0 Å². The zero-order valence-electron chi connectivity index (χ0n) is 19.5. The lowest BCUT2D eigenvalue weighted by Gasteiger charge is -2.31. The Balaban J connectivity index is 2.52. The topological polar surface area (TPSA) is 0 Å². The molecule has 2 aliphatic rings. The number of hydrogen-bond donors (Lipinski definition) is 0. The molecule has 0 heterocycles. The van der Waals surface area contributed by atoms with E-state index in [0.29, 0.717) is 11.8 Å². The molecule has 0 spiro atoms. The number of allylic oxidation sites excluding steroid dienone is 8. The zero-order valence-corrected chi connectivity index (χ0v) is 19.5. The number of hydrogen-bond acceptors (Lipinski definition) is 0. The monoisotopic (exact) mass is 354 g/mol. The molecule has 0 radical (unpaired) electrons. The third-order valence-electron chi connectivity index (χ3n) is 5.69. The first-order valence-electron chi connectivity index (χ1n) is 10.3. The summed E-state index contributed by atoms with van der Waals surface area (Å²) < 4.78 is 0. The van der Waals surface area contributed by atoms with E-state index in [4.69, 9.17) is 0 Å². The molecule has 0 heteroatoms. The van der Waals surface area contributed by atoms with Gasteiger partial charge in [-0.2, -0.15) is 0 Å². The summed E-state index contributed by atoms with van der Waals surface area (Å²) in [5, 5.41) is 0. The van der Waals surface area contributed by atoms with E-state index in [1.165, 1.54) is 0 Å². The Kier molecular flexibility index (Phi) is 5.11. The summed E-state index contributed by atoms with van der Waals surface area (Å²) in [4.78, 5) is 0. The van der Waals surface area contributed by atoms with E-state index in [9.17, 15) is 0 Å². The molecule has 2 aliphatic carbocycles. The van der Waals surface area contributed by atoms with Crippen LogP contribution in [0.4, 0.5) is 0 Å². The van der Waals surface area contributed by atoms with Gasteiger partial charge in [-0.3, -0.25) is 0 Å². The molecule has 0 unspecified atom stereocenters. The molecule has 0 nitrogen and oxygen atoms in total. The summed E-state index contributed by atoms with van der Waals surface area (Å²) >= 11 is 0. The Hall–Kier alpha value is -1.04. The summed E-state index contributed by atoms with van der Waals surface area (Å²) in [6, 6.07) is 0. The van der Waals surface area contributed by atoms with Crippen LogP contribution in [0.25, 0.3) is 0 Å². The Bertz CT molecular complexity index is 554. The van der Waals surface area contributed by atoms with Crippen molar-refractivity contribution in [3.8, 4) is 0 Å². The second-order valence-electron chi connectivity index (χ2n) is 12.5. The van der Waals surface area contributed by atoms with Crippen LogP contribution in [0.15, 0.2) is 46.6 Å². The molecule has 146 valence electrons. The summed E-state index contributed by atoms with van der Waals surface area (Å²) in [5.41, 5.74) is 6.94. The average Bonchev–Trinajstić information content (AvgIpc) is 3.00. The summed E-state index contributed by atoms with van der Waals surface area (Å²) in [6.07, 6.45) is 10.2. The van der Waals surface area contributed by atoms with Crippen molar-refractivity contribution in [2.24, 2.45) is 33.5 Å². The van der Waals surface area contributed by atoms with Crippen LogP contribution < -0.4 is 0 Å². The smallest absolute Gasteiger partial charge is 0.00568 e. The van der Waals surface area contributed by atoms with E-state index in [0.717, 1.165) is 0 Å². The van der Waals surface area contributed by atoms with Crippen LogP contribution >= 0.6 is 0 Å². The average molecular weight is 355 g/mol. The molecule has 0 amide bonds. The van der Waals surface area contributed by atoms with Crippen molar-refractivity contribution in [3.05, 3.63) is 46.6 Å². The molecule has 0 aromatic heterocycles. The van der Waals surface area contributed by atoms with Crippen molar-refractivity contribution in [1.82, 2.24) is 0 Å². The molecule has 0 fully saturated rings. The minimum Gasteiger partial charge on any atom is -0.0727 e. The maximum atomic E-state index is 2.56. The van der Waals surface area contributed by atoms with E-state index < -0.39 is 0 Å². The van der Waals surface area contributed by atoms with Crippen molar-refractivity contribution in [2.45, 2.75) is 83.1 Å². The van der Waals surface area contributed by atoms with Crippen LogP contribution in [0, 0.1) is 33.5 Å². The van der Waals surface area contributed by atoms with Gasteiger partial charge in [0.15, 0.2) is 0 Å². The van der Waals surface area contributed by atoms with Crippen molar-refractivity contribution in [3.63, 3.8) is 0 Å². The highest BCUT2D eigenvalue weighted by Crippen LogP contribution is 2.51. The summed E-state index contributed by atoms with van der Waals surface area (Å²) in [6.45, 7) is 28.2. The van der Waals surface area contributed by atoms with Gasteiger partial charge in [-0.25, -0.2) is 0 Å². The van der Waals surface area contributed by atoms with Crippen molar-refractivity contribution < 1.29 is 0 Å². The lowest BCUT2D eigenvalue weighted by Crippen LogP contribution is -2.18. The van der Waals surface area contributed by atoms with Crippen molar-refractivity contribution >= 4 is 0 Å². The Morgan fingerprint density at radius 3 is 0.654 bits per heavy atom. The van der Waals surface area contributed by atoms with Gasteiger partial charge in [0.1, 0.15) is 0 Å². The normalized spacial score (nSPS) is 20.9. The fourth-order valence-electron chi connectivity index (χ4n) is 4.29. The van der Waals surface area contributed by atoms with E-state index in [1.54, 1.807) is 22.3 Å². The Morgan fingerprint density at radius 1 is 0.385 bits per heavy atom. The molecule has 0 aromatic rings. The minimum atomic E-state index is 0.194. The van der Waals surface area contributed by atoms with Gasteiger partial charge < -0.3 is 0 Å². The van der Waals surface area contributed by atoms with Gasteiger partial charge in [0.05, 0.1) is 0 Å². The molecular weight excluding hydrogens is 312 g/mol. The largest absolute Gasteiger partial charge is 0.0727 e. The van der Waals surface area contributed by atoms with E-state index >= 15 is 0 Å². The van der Waals surface area contributed by atoms with Gasteiger partial charge in [0.2, 0.25) is 0 Å². The standard InChI is InChI=1S/C26H42/c1-23(2,3)19-13-17(14-20(19)24(4,5)6)18-15-21(25(7,8)9)22(16-18)26(10,11)12/h13-18H,1-12H3. The second kappa shape index (κ2) is 6.25.